The van der Waals surface area contributed by atoms with Crippen LogP contribution in [0.4, 0.5) is 0 Å². The quantitative estimate of drug-likeness (QED) is 0.711. The van der Waals surface area contributed by atoms with Gasteiger partial charge in [0.2, 0.25) is 10.0 Å². The van der Waals surface area contributed by atoms with Crippen LogP contribution in [0.5, 0.6) is 0 Å². The molecule has 0 aromatic heterocycles. The van der Waals surface area contributed by atoms with Crippen molar-refractivity contribution in [2.45, 2.75) is 18.7 Å². The Morgan fingerprint density at radius 3 is 2.61 bits per heavy atom. The summed E-state index contributed by atoms with van der Waals surface area (Å²) in [7, 11) is -3.46. The molecule has 0 unspecified atom stereocenters. The Hall–Kier alpha value is -0.950. The van der Waals surface area contributed by atoms with Gasteiger partial charge in [-0.3, -0.25) is 0 Å². The average Bonchev–Trinajstić information content (AvgIpc) is 2.28. The first kappa shape index (κ1) is 15.1. The molecule has 0 spiro atoms. The molecule has 0 aliphatic carbocycles. The predicted molar refractivity (Wildman–Crippen MR) is 71.0 cm³/mol. The van der Waals surface area contributed by atoms with E-state index in [0.29, 0.717) is 24.7 Å². The Morgan fingerprint density at radius 1 is 1.28 bits per heavy atom. The lowest BCUT2D eigenvalue weighted by molar-refractivity contribution is 0.147. The highest BCUT2D eigenvalue weighted by Gasteiger charge is 2.15. The number of hydrogen-bond acceptors (Lipinski definition) is 4. The van der Waals surface area contributed by atoms with E-state index >= 15 is 0 Å². The summed E-state index contributed by atoms with van der Waals surface area (Å²) in [5.74, 6) is 0. The van der Waals surface area contributed by atoms with Crippen LogP contribution in [0.25, 0.3) is 0 Å². The fourth-order valence-corrected chi connectivity index (χ4v) is 2.85. The molecule has 0 heterocycles. The molecule has 0 amide bonds. The van der Waals surface area contributed by atoms with E-state index in [1.54, 1.807) is 19.1 Å². The summed E-state index contributed by atoms with van der Waals surface area (Å²) in [4.78, 5) is 0.312. The highest BCUT2D eigenvalue weighted by molar-refractivity contribution is 7.89. The van der Waals surface area contributed by atoms with Crippen LogP contribution < -0.4 is 10.5 Å². The van der Waals surface area contributed by atoms with Crippen LogP contribution in [0.1, 0.15) is 11.1 Å². The van der Waals surface area contributed by atoms with Gasteiger partial charge in [0.15, 0.2) is 0 Å². The summed E-state index contributed by atoms with van der Waals surface area (Å²) in [5.41, 5.74) is 7.04. The largest absolute Gasteiger partial charge is 0.379 e. The van der Waals surface area contributed by atoms with Crippen molar-refractivity contribution in [3.63, 3.8) is 0 Å². The van der Waals surface area contributed by atoms with Gasteiger partial charge in [-0.25, -0.2) is 13.1 Å². The van der Waals surface area contributed by atoms with Gasteiger partial charge in [0, 0.05) is 13.1 Å². The molecule has 1 rings (SSSR count). The number of ether oxygens (including phenoxy) is 1. The summed E-state index contributed by atoms with van der Waals surface area (Å²) >= 11 is 0. The summed E-state index contributed by atoms with van der Waals surface area (Å²) < 4.78 is 31.6. The lowest BCUT2D eigenvalue weighted by Crippen LogP contribution is -2.28. The topological polar surface area (TPSA) is 81.4 Å². The molecule has 1 aromatic rings. The van der Waals surface area contributed by atoms with Crippen molar-refractivity contribution in [2.75, 3.05) is 26.3 Å². The van der Waals surface area contributed by atoms with Crippen LogP contribution in [0, 0.1) is 13.8 Å². The molecule has 0 bridgehead atoms. The van der Waals surface area contributed by atoms with Crippen molar-refractivity contribution >= 4 is 10.0 Å². The second-order valence-corrected chi connectivity index (χ2v) is 5.80. The van der Waals surface area contributed by atoms with E-state index in [0.717, 1.165) is 11.1 Å². The molecule has 0 saturated heterocycles. The Bertz CT molecular complexity index is 486. The normalized spacial score (nSPS) is 11.7. The second kappa shape index (κ2) is 6.84. The number of aryl methyl sites for hydroxylation is 2. The molecule has 0 radical (unpaired) electrons. The summed E-state index contributed by atoms with van der Waals surface area (Å²) in [6.45, 7) is 5.15. The Balaban J connectivity index is 2.63. The lowest BCUT2D eigenvalue weighted by atomic mass is 10.2. The molecule has 102 valence electrons. The van der Waals surface area contributed by atoms with Gasteiger partial charge in [0.25, 0.3) is 0 Å². The zero-order valence-corrected chi connectivity index (χ0v) is 11.6. The minimum absolute atomic E-state index is 0.246. The number of nitrogens with two attached hydrogens (primary N) is 1. The number of benzene rings is 1. The first-order chi connectivity index (χ1) is 8.47. The zero-order valence-electron chi connectivity index (χ0n) is 10.8. The number of rotatable bonds is 7. The van der Waals surface area contributed by atoms with Gasteiger partial charge >= 0.3 is 0 Å². The highest BCUT2D eigenvalue weighted by atomic mass is 32.2. The van der Waals surface area contributed by atoms with Crippen LogP contribution >= 0.6 is 0 Å². The monoisotopic (exact) mass is 272 g/mol. The third-order valence-electron chi connectivity index (χ3n) is 2.42. The first-order valence-electron chi connectivity index (χ1n) is 5.82. The second-order valence-electron chi connectivity index (χ2n) is 4.07. The maximum Gasteiger partial charge on any atom is 0.240 e. The van der Waals surface area contributed by atoms with Gasteiger partial charge < -0.3 is 10.5 Å². The third kappa shape index (κ3) is 4.38. The number of sulfonamides is 1. The molecule has 6 heteroatoms. The van der Waals surface area contributed by atoms with Crippen LogP contribution in [0.15, 0.2) is 23.1 Å². The van der Waals surface area contributed by atoms with E-state index in [-0.39, 0.29) is 6.54 Å². The molecule has 0 saturated carbocycles. The van der Waals surface area contributed by atoms with Gasteiger partial charge in [0.05, 0.1) is 18.1 Å². The molecule has 0 aliphatic rings. The van der Waals surface area contributed by atoms with Crippen LogP contribution in [-0.4, -0.2) is 34.7 Å². The maximum atomic E-state index is 12.0. The highest BCUT2D eigenvalue weighted by Crippen LogP contribution is 2.15. The van der Waals surface area contributed by atoms with E-state index < -0.39 is 10.0 Å². The number of nitrogens with one attached hydrogen (secondary N) is 1. The smallest absolute Gasteiger partial charge is 0.240 e. The minimum atomic E-state index is -3.46. The third-order valence-corrected chi connectivity index (χ3v) is 4.04. The minimum Gasteiger partial charge on any atom is -0.379 e. The molecule has 5 nitrogen and oxygen atoms in total. The Kier molecular flexibility index (Phi) is 5.74. The first-order valence-corrected chi connectivity index (χ1v) is 7.30. The zero-order chi connectivity index (χ0) is 13.6. The average molecular weight is 272 g/mol. The molecule has 18 heavy (non-hydrogen) atoms. The van der Waals surface area contributed by atoms with E-state index in [9.17, 15) is 8.42 Å². The van der Waals surface area contributed by atoms with E-state index in [1.807, 2.05) is 13.0 Å². The molecule has 0 atom stereocenters. The van der Waals surface area contributed by atoms with Gasteiger partial charge in [0.1, 0.15) is 0 Å². The summed E-state index contributed by atoms with van der Waals surface area (Å²) in [6, 6.07) is 5.25. The van der Waals surface area contributed by atoms with Crippen molar-refractivity contribution in [3.8, 4) is 0 Å². The van der Waals surface area contributed by atoms with Crippen LogP contribution in [0.2, 0.25) is 0 Å². The Morgan fingerprint density at radius 2 is 2.00 bits per heavy atom. The molecule has 1 aromatic carbocycles. The molecule has 0 aliphatic heterocycles. The van der Waals surface area contributed by atoms with E-state index in [4.69, 9.17) is 10.5 Å². The van der Waals surface area contributed by atoms with Crippen molar-refractivity contribution in [1.82, 2.24) is 4.72 Å². The molecule has 3 N–H and O–H groups in total. The van der Waals surface area contributed by atoms with Gasteiger partial charge in [-0.2, -0.15) is 0 Å². The SMILES string of the molecule is Cc1ccc(S(=O)(=O)NCCOCCN)c(C)c1. The van der Waals surface area contributed by atoms with Crippen molar-refractivity contribution in [2.24, 2.45) is 5.73 Å². The maximum absolute atomic E-state index is 12.0. The van der Waals surface area contributed by atoms with Gasteiger partial charge in [-0.1, -0.05) is 17.7 Å². The van der Waals surface area contributed by atoms with Gasteiger partial charge in [-0.05, 0) is 25.5 Å². The van der Waals surface area contributed by atoms with Gasteiger partial charge in [-0.15, -0.1) is 0 Å². The van der Waals surface area contributed by atoms with Crippen LogP contribution in [-0.2, 0) is 14.8 Å². The van der Waals surface area contributed by atoms with E-state index in [1.165, 1.54) is 0 Å². The predicted octanol–water partition coefficient (Wildman–Crippen LogP) is 0.557. The fourth-order valence-electron chi connectivity index (χ4n) is 1.61. The number of hydrogen-bond donors (Lipinski definition) is 2. The lowest BCUT2D eigenvalue weighted by Gasteiger charge is -2.10. The molecular weight excluding hydrogens is 252 g/mol. The van der Waals surface area contributed by atoms with Crippen molar-refractivity contribution < 1.29 is 13.2 Å². The molecule has 0 fully saturated rings. The van der Waals surface area contributed by atoms with Crippen molar-refractivity contribution in [1.29, 1.82) is 0 Å². The van der Waals surface area contributed by atoms with Crippen LogP contribution in [0.3, 0.4) is 0 Å². The van der Waals surface area contributed by atoms with Crippen molar-refractivity contribution in [3.05, 3.63) is 29.3 Å². The fraction of sp³-hybridized carbons (Fsp3) is 0.500. The standard InChI is InChI=1S/C12H20N2O3S/c1-10-3-4-12(11(2)9-10)18(15,16)14-6-8-17-7-5-13/h3-4,9,14H,5-8,13H2,1-2H3. The molecular formula is C12H20N2O3S. The summed E-state index contributed by atoms with van der Waals surface area (Å²) in [5, 5.41) is 0. The summed E-state index contributed by atoms with van der Waals surface area (Å²) in [6.07, 6.45) is 0. The van der Waals surface area contributed by atoms with E-state index in [2.05, 4.69) is 4.72 Å². The Labute approximate surface area is 108 Å².